The summed E-state index contributed by atoms with van der Waals surface area (Å²) in [6.45, 7) is 19.8. The number of morpholine rings is 4. The van der Waals surface area contributed by atoms with Gasteiger partial charge in [0, 0.05) is 128 Å². The lowest BCUT2D eigenvalue weighted by Crippen LogP contribution is -2.41. The topological polar surface area (TPSA) is 411 Å². The molecule has 0 unspecified atom stereocenters. The van der Waals surface area contributed by atoms with Crippen molar-refractivity contribution in [2.75, 3.05) is 122 Å². The van der Waals surface area contributed by atoms with Crippen molar-refractivity contribution in [2.45, 2.75) is 78.7 Å². The van der Waals surface area contributed by atoms with Crippen LogP contribution in [0.1, 0.15) is 117 Å². The Morgan fingerprint density at radius 2 is 0.757 bits per heavy atom. The van der Waals surface area contributed by atoms with E-state index in [-0.39, 0.29) is 75.5 Å². The van der Waals surface area contributed by atoms with Gasteiger partial charge in [-0.15, -0.1) is 23.2 Å². The minimum absolute atomic E-state index is 0.000407. The first-order valence-electron chi connectivity index (χ1n) is 45.1. The standard InChI is InChI=1S/C27H23ClFN5O4.C20H18ClFN2O3.C19H17ClFN3O3.C16H20BClO3.C10H10BrFN2O2.C8H8N2O2.CH2Cl2/c28-21-11-17(23-12-20(22(29)15-31-23)27(36)34-5-7-37-8-6-34)9-18-10-19(38-26(18)21)14-33-25(35)4-2-16-1-3-24(30)32-13-16;1-2-14-8-13-7-12(9-16(21)19(13)27-14)18-10-15(17(22)11-23-18)20(25)24-3-5-26-6-4-24;20-15-7-11(5-12-6-13(9-22)27-18(12)15)17-8-14(16(21)10-23-17)19(25)24-1-3-26-4-2-24;1-6-12-8-10-7-11(9-13(18)14(10)19-12)17-20-15(2,3)16(4,5)21-17;11-9-5-7(8(12)6-13-9)10(15)14-1-3-16-4-2-14;9-7-3-1-6(5-10-7)2-4-8(11)12;2-1-3/h1-4,9-13,15H,5-8,14H2,(H2,30,32)(H,33,35);7-11H,2-6H2,1H3;5-8,10H,1-4,9,22H2;7-9H,6H2,1-5H3;5-6H,1-4H2;1-5H,(H2,9,10)(H,11,12);1H2/b4-2+;;;;;4-2+;. The van der Waals surface area contributed by atoms with Crippen molar-refractivity contribution in [2.24, 2.45) is 5.73 Å². The molecule has 4 aromatic carbocycles. The first-order chi connectivity index (χ1) is 69.0. The number of nitrogens with two attached hydrogens (primary N) is 3. The number of furan rings is 4. The van der Waals surface area contributed by atoms with E-state index in [1.54, 1.807) is 92.5 Å². The Morgan fingerprint density at radius 3 is 1.10 bits per heavy atom. The van der Waals surface area contributed by atoms with Crippen molar-refractivity contribution >= 4 is 201 Å². The van der Waals surface area contributed by atoms with Gasteiger partial charge < -0.3 is 93.1 Å². The van der Waals surface area contributed by atoms with E-state index in [4.69, 9.17) is 138 Å². The summed E-state index contributed by atoms with van der Waals surface area (Å²) in [5.74, 6) is -1.67. The average molecular weight is 2160 g/mol. The zero-order chi connectivity index (χ0) is 103. The van der Waals surface area contributed by atoms with Crippen LogP contribution in [0.5, 0.6) is 0 Å². The molecule has 0 saturated carbocycles. The number of nitrogen functional groups attached to an aromatic ring is 2. The van der Waals surface area contributed by atoms with Gasteiger partial charge in [0.25, 0.3) is 23.6 Å². The van der Waals surface area contributed by atoms with E-state index < -0.39 is 42.3 Å². The molecule has 5 fully saturated rings. The maximum atomic E-state index is 14.5. The summed E-state index contributed by atoms with van der Waals surface area (Å²) >= 11 is 38.1. The fourth-order valence-electron chi connectivity index (χ4n) is 15.0. The first kappa shape index (κ1) is 109. The Morgan fingerprint density at radius 1 is 0.438 bits per heavy atom. The number of hydrogen-bond acceptors (Lipinski definition) is 25. The summed E-state index contributed by atoms with van der Waals surface area (Å²) in [4.78, 5) is 103. The predicted octanol–water partition coefficient (Wildman–Crippen LogP) is 19.2. The van der Waals surface area contributed by atoms with Crippen molar-refractivity contribution in [3.8, 4) is 33.8 Å². The van der Waals surface area contributed by atoms with Crippen LogP contribution in [0.15, 0.2) is 193 Å². The molecular formula is C101H98BBrCl6F4N14O17. The molecular weight excluding hydrogens is 2060 g/mol. The Labute approximate surface area is 862 Å². The van der Waals surface area contributed by atoms with Crippen LogP contribution < -0.4 is 28.0 Å². The van der Waals surface area contributed by atoms with Crippen LogP contribution in [0.3, 0.4) is 0 Å². The van der Waals surface area contributed by atoms with Gasteiger partial charge in [-0.05, 0) is 188 Å². The third kappa shape index (κ3) is 28.2. The van der Waals surface area contributed by atoms with E-state index in [9.17, 15) is 46.3 Å². The number of carboxylic acid groups (broad SMARTS) is 1. The number of halogens is 11. The molecule has 19 rings (SSSR count). The number of pyridine rings is 6. The van der Waals surface area contributed by atoms with Gasteiger partial charge in [-0.3, -0.25) is 38.9 Å². The number of benzene rings is 4. The maximum Gasteiger partial charge on any atom is 0.494 e. The minimum Gasteiger partial charge on any atom is -0.478 e. The number of nitrogens with zero attached hydrogens (tertiary/aromatic N) is 10. The number of alkyl halides is 2. The van der Waals surface area contributed by atoms with Gasteiger partial charge in [0.05, 0.1) is 167 Å². The Hall–Kier alpha value is -12.4. The zero-order valence-corrected chi connectivity index (χ0v) is 84.7. The first-order valence-corrected chi connectivity index (χ1v) is 48.5. The molecule has 0 radical (unpaired) electrons. The van der Waals surface area contributed by atoms with Gasteiger partial charge in [-0.1, -0.05) is 66.3 Å². The highest BCUT2D eigenvalue weighted by Crippen LogP contribution is 2.40. The fraction of sp³-hybridized carbons (Fsp3) is 0.287. The lowest BCUT2D eigenvalue weighted by atomic mass is 9.78. The molecule has 15 heterocycles. The number of carbonyl (C=O) groups excluding carboxylic acids is 5. The van der Waals surface area contributed by atoms with Gasteiger partial charge in [0.2, 0.25) is 5.91 Å². The SMILES string of the molecule is CCc1cc2cc(-c3cc(C(=O)N4CCOCC4)c(F)cn3)cc(Cl)c2o1.CCc1cc2cc(B3OC(C)(C)C(C)(C)O3)cc(Cl)c2o1.ClCCl.NCc1cc2cc(-c3cc(C(=O)N4CCOCC4)c(F)cn3)cc(Cl)c2o1.Nc1ccc(/C=C/C(=O)NCc2cc3cc(-c4cc(C(=O)N5CCOCC5)c(F)cn4)cc(Cl)c3o2)cn1.Nc1ccc(/C=C/C(=O)O)cn1.O=C(c1cc(Br)ncc1F)N1CCOCC1. The van der Waals surface area contributed by atoms with Gasteiger partial charge in [0.15, 0.2) is 45.6 Å². The molecule has 10 aromatic heterocycles. The molecule has 0 aliphatic carbocycles. The quantitative estimate of drug-likeness (QED) is 0.0186. The van der Waals surface area contributed by atoms with Crippen molar-refractivity contribution < 1.29 is 97.4 Å². The summed E-state index contributed by atoms with van der Waals surface area (Å²) in [6, 6.07) is 34.4. The Balaban J connectivity index is 0.000000149. The molecule has 8 N–H and O–H groups in total. The number of rotatable bonds is 17. The summed E-state index contributed by atoms with van der Waals surface area (Å²) in [6.07, 6.45) is 14.4. The third-order valence-electron chi connectivity index (χ3n) is 23.2. The maximum absolute atomic E-state index is 14.5. The summed E-state index contributed by atoms with van der Waals surface area (Å²) < 4.78 is 113. The number of aryl methyl sites for hydroxylation is 2. The van der Waals surface area contributed by atoms with Gasteiger partial charge in [-0.25, -0.2) is 37.3 Å². The summed E-state index contributed by atoms with van der Waals surface area (Å²) in [5.41, 5.74) is 23.7. The van der Waals surface area contributed by atoms with E-state index in [0.717, 1.165) is 88.0 Å². The predicted molar refractivity (Wildman–Crippen MR) is 547 cm³/mol. The van der Waals surface area contributed by atoms with E-state index in [1.165, 1.54) is 42.6 Å². The van der Waals surface area contributed by atoms with Crippen LogP contribution in [0, 0.1) is 23.3 Å². The van der Waals surface area contributed by atoms with Crippen molar-refractivity contribution in [3.63, 3.8) is 0 Å². The normalized spacial score (nSPS) is 14.9. The minimum atomic E-state index is -0.980. The zero-order valence-electron chi connectivity index (χ0n) is 78.6. The molecule has 14 aromatic rings. The molecule has 43 heteroatoms. The second-order valence-corrected chi connectivity index (χ2v) is 36.8. The highest BCUT2D eigenvalue weighted by molar-refractivity contribution is 9.10. The number of hydrogen-bond donors (Lipinski definition) is 5. The van der Waals surface area contributed by atoms with Crippen LogP contribution in [0.4, 0.5) is 29.2 Å². The summed E-state index contributed by atoms with van der Waals surface area (Å²) in [5, 5.41) is 16.3. The number of aromatic nitrogens is 6. The smallest absolute Gasteiger partial charge is 0.478 e. The lowest BCUT2D eigenvalue weighted by molar-refractivity contribution is -0.131. The third-order valence-corrected chi connectivity index (χ3v) is 24.8. The average Bonchev–Trinajstić information content (AvgIpc) is 1.61. The van der Waals surface area contributed by atoms with Crippen LogP contribution in [0.2, 0.25) is 20.1 Å². The molecule has 0 atom stereocenters. The second-order valence-electron chi connectivity index (χ2n) is 33.5. The number of carbonyl (C=O) groups is 6. The van der Waals surface area contributed by atoms with Gasteiger partial charge in [0.1, 0.15) is 39.3 Å². The lowest BCUT2D eigenvalue weighted by Gasteiger charge is -2.32. The Bertz CT molecular complexity index is 6840. The number of anilines is 2. The van der Waals surface area contributed by atoms with Crippen molar-refractivity contribution in [1.29, 1.82) is 0 Å². The molecule has 144 heavy (non-hydrogen) atoms. The van der Waals surface area contributed by atoms with E-state index in [2.05, 4.69) is 58.1 Å². The Kier molecular flexibility index (Phi) is 38.1. The van der Waals surface area contributed by atoms with Gasteiger partial charge >= 0.3 is 13.1 Å². The molecule has 5 amide bonds. The van der Waals surface area contributed by atoms with Crippen LogP contribution in [0.25, 0.3) is 89.8 Å². The number of fused-ring (bicyclic) bond motifs is 4. The van der Waals surface area contributed by atoms with Crippen LogP contribution >= 0.6 is 85.5 Å². The molecule has 0 spiro atoms. The van der Waals surface area contributed by atoms with Crippen molar-refractivity contribution in [3.05, 3.63) is 275 Å². The number of carboxylic acids is 1. The largest absolute Gasteiger partial charge is 0.494 e. The number of nitrogens with one attached hydrogen (secondary N) is 1. The molecule has 5 saturated heterocycles. The van der Waals surface area contributed by atoms with Crippen LogP contribution in [-0.2, 0) is 63.8 Å². The monoisotopic (exact) mass is 2150 g/mol. The molecule has 754 valence electrons. The van der Waals surface area contributed by atoms with E-state index >= 15 is 0 Å². The molecule has 0 bridgehead atoms. The van der Waals surface area contributed by atoms with Crippen LogP contribution in [-0.4, -0.2) is 219 Å². The fourth-order valence-corrected chi connectivity index (χ4v) is 16.4. The van der Waals surface area contributed by atoms with Gasteiger partial charge in [-0.2, -0.15) is 0 Å². The number of amides is 5. The molecule has 5 aliphatic rings. The van der Waals surface area contributed by atoms with E-state index in [0.29, 0.717) is 215 Å². The highest BCUT2D eigenvalue weighted by Gasteiger charge is 2.52. The van der Waals surface area contributed by atoms with E-state index in [1.807, 2.05) is 71.0 Å². The summed E-state index contributed by atoms with van der Waals surface area (Å²) in [7, 11) is -0.406. The highest BCUT2D eigenvalue weighted by atomic mass is 79.9. The number of ether oxygens (including phenoxy) is 4. The second kappa shape index (κ2) is 50.4. The number of aliphatic carboxylic acids is 1. The molecule has 5 aliphatic heterocycles. The molecule has 31 nitrogen and oxygen atoms in total. The van der Waals surface area contributed by atoms with Crippen molar-refractivity contribution in [1.82, 2.24) is 54.8 Å².